The Morgan fingerprint density at radius 1 is 0.622 bits per heavy atom. The van der Waals surface area contributed by atoms with Gasteiger partial charge < -0.3 is 0 Å². The third-order valence-electron chi connectivity index (χ3n) is 2.86. The maximum absolute atomic E-state index is 10.7. The fourth-order valence-corrected chi connectivity index (χ4v) is 1.73. The van der Waals surface area contributed by atoms with E-state index in [0.717, 1.165) is 11.4 Å². The molecule has 0 fully saturated rings. The van der Waals surface area contributed by atoms with Crippen LogP contribution in [0.3, 0.4) is 0 Å². The molecule has 0 aliphatic carbocycles. The maximum Gasteiger partial charge on any atom is 2.00 e. The molecule has 2 aromatic heterocycles. The quantitative estimate of drug-likeness (QED) is 0.126. The number of nitriles is 3. The van der Waals surface area contributed by atoms with Crippen LogP contribution in [0.5, 0.6) is 0 Å². The first-order valence-corrected chi connectivity index (χ1v) is 15.2. The van der Waals surface area contributed by atoms with Gasteiger partial charge in [0.25, 0.3) is 0 Å². The number of nitrogens with zero attached hydrogens (tertiary/aromatic N) is 7. The van der Waals surface area contributed by atoms with Crippen molar-refractivity contribution in [3.05, 3.63) is 60.2 Å². The molecular formula is C23H29F12N7NiP2. The van der Waals surface area contributed by atoms with Crippen molar-refractivity contribution in [1.29, 1.82) is 15.8 Å². The predicted octanol–water partition coefficient (Wildman–Crippen LogP) is 11.4. The second-order valence-corrected chi connectivity index (χ2v) is 12.0. The monoisotopic (exact) mass is 751 g/mol. The van der Waals surface area contributed by atoms with Gasteiger partial charge in [0.1, 0.15) is 0 Å². The zero-order valence-electron chi connectivity index (χ0n) is 24.1. The minimum atomic E-state index is -10.7. The van der Waals surface area contributed by atoms with Gasteiger partial charge in [-0.3, -0.25) is 20.0 Å². The van der Waals surface area contributed by atoms with Gasteiger partial charge >= 0.3 is 82.5 Å². The summed E-state index contributed by atoms with van der Waals surface area (Å²) in [6.45, 7) is 10.0. The fourth-order valence-electron chi connectivity index (χ4n) is 1.73. The van der Waals surface area contributed by atoms with Crippen molar-refractivity contribution >= 4 is 28.0 Å². The van der Waals surface area contributed by atoms with Crippen LogP contribution >= 0.6 is 15.6 Å². The van der Waals surface area contributed by atoms with Crippen molar-refractivity contribution in [3.8, 4) is 18.2 Å². The average Bonchev–Trinajstić information content (AvgIpc) is 2.78. The maximum atomic E-state index is 9.87. The summed E-state index contributed by atoms with van der Waals surface area (Å²) in [6, 6.07) is 16.8. The van der Waals surface area contributed by atoms with Gasteiger partial charge in [0.2, 0.25) is 0 Å². The standard InChI is InChI=1S/C17H20N4.3C2H3N.2F6P.Ni/c1-17(2,13-18-11-15-7-3-5-9-20-15)14-19-12-16-8-4-6-10-21-16;3*1-2-3;2*1-7(2,3,4,5)6;/h3-12H,13-14H2,1-2H3;3*1H3;;;/q;;;;2*-1;+2. The number of aromatic nitrogens is 2. The smallest absolute Gasteiger partial charge is 2.00 e. The van der Waals surface area contributed by atoms with Crippen LogP contribution < -0.4 is 0 Å². The van der Waals surface area contributed by atoms with Gasteiger partial charge in [-0.25, -0.2) is 0 Å². The van der Waals surface area contributed by atoms with Gasteiger partial charge in [0.05, 0.1) is 29.6 Å². The van der Waals surface area contributed by atoms with Crippen LogP contribution in [0.25, 0.3) is 0 Å². The molecule has 7 nitrogen and oxygen atoms in total. The van der Waals surface area contributed by atoms with Crippen LogP contribution in [0.1, 0.15) is 46.0 Å². The van der Waals surface area contributed by atoms with E-state index in [9.17, 15) is 50.4 Å². The van der Waals surface area contributed by atoms with Crippen molar-refractivity contribution in [2.45, 2.75) is 34.6 Å². The Kier molecular flexibility index (Phi) is 21.9. The predicted molar refractivity (Wildman–Crippen MR) is 148 cm³/mol. The molecule has 0 aliphatic heterocycles. The summed E-state index contributed by atoms with van der Waals surface area (Å²) in [7, 11) is -21.3. The molecule has 0 bridgehead atoms. The van der Waals surface area contributed by atoms with E-state index in [4.69, 9.17) is 15.8 Å². The summed E-state index contributed by atoms with van der Waals surface area (Å²) in [5, 5.41) is 22.0. The molecule has 0 N–H and O–H groups in total. The Morgan fingerprint density at radius 2 is 0.844 bits per heavy atom. The molecule has 45 heavy (non-hydrogen) atoms. The molecule has 0 atom stereocenters. The minimum absolute atomic E-state index is 0. The number of pyridine rings is 2. The van der Waals surface area contributed by atoms with Gasteiger partial charge in [-0.2, -0.15) is 15.8 Å². The average molecular weight is 752 g/mol. The molecule has 22 heteroatoms. The number of hydrogen-bond acceptors (Lipinski definition) is 7. The van der Waals surface area contributed by atoms with Crippen molar-refractivity contribution in [2.75, 3.05) is 13.1 Å². The molecular weight excluding hydrogens is 723 g/mol. The Hall–Kier alpha value is -3.38. The molecule has 0 saturated heterocycles. The van der Waals surface area contributed by atoms with Crippen molar-refractivity contribution in [2.24, 2.45) is 15.4 Å². The summed E-state index contributed by atoms with van der Waals surface area (Å²) >= 11 is 0. The van der Waals surface area contributed by atoms with Gasteiger partial charge in [-0.1, -0.05) is 26.0 Å². The van der Waals surface area contributed by atoms with Crippen LogP contribution in [-0.4, -0.2) is 35.5 Å². The van der Waals surface area contributed by atoms with Gasteiger partial charge in [-0.05, 0) is 24.3 Å². The minimum Gasteiger partial charge on any atom is 2.00 e. The zero-order chi connectivity index (χ0) is 35.9. The SMILES string of the molecule is CC#N.CC#N.CC#N.CC(C)(CN=Cc1ccccn1)CN=Cc1ccccn1.F[P-](F)(F)(F)(F)F.F[P-](F)(F)(F)(F)F.[Ni+2]. The van der Waals surface area contributed by atoms with Gasteiger partial charge in [0.15, 0.2) is 0 Å². The molecule has 0 aliphatic rings. The molecule has 2 rings (SSSR count). The van der Waals surface area contributed by atoms with E-state index < -0.39 is 15.6 Å². The molecule has 2 heterocycles. The van der Waals surface area contributed by atoms with Crippen LogP contribution in [0.2, 0.25) is 0 Å². The van der Waals surface area contributed by atoms with E-state index >= 15 is 0 Å². The first kappa shape index (κ1) is 51.2. The normalized spacial score (nSPS) is 13.5. The molecule has 0 saturated carbocycles. The molecule has 0 aromatic carbocycles. The van der Waals surface area contributed by atoms with Crippen molar-refractivity contribution < 1.29 is 66.9 Å². The molecule has 0 amide bonds. The van der Waals surface area contributed by atoms with E-state index in [2.05, 4.69) is 33.8 Å². The fraction of sp³-hybridized carbons (Fsp3) is 0.348. The van der Waals surface area contributed by atoms with E-state index in [0.29, 0.717) is 13.1 Å². The van der Waals surface area contributed by atoms with Crippen molar-refractivity contribution in [3.63, 3.8) is 0 Å². The van der Waals surface area contributed by atoms with Crippen LogP contribution in [0.4, 0.5) is 50.4 Å². The summed E-state index contributed by atoms with van der Waals surface area (Å²) in [5.74, 6) is 0. The number of hydrogen-bond donors (Lipinski definition) is 0. The number of aliphatic imine (C=N–C) groups is 2. The summed E-state index contributed by atoms with van der Waals surface area (Å²) in [5.41, 5.74) is 1.77. The molecule has 0 radical (unpaired) electrons. The van der Waals surface area contributed by atoms with Crippen LogP contribution in [0, 0.1) is 39.4 Å². The summed E-state index contributed by atoms with van der Waals surface area (Å²) in [4.78, 5) is 17.3. The summed E-state index contributed by atoms with van der Waals surface area (Å²) in [6.07, 6.45) is 7.15. The molecule has 2 aromatic rings. The van der Waals surface area contributed by atoms with Gasteiger partial charge in [0, 0.05) is 64.1 Å². The molecule has 0 unspecified atom stereocenters. The van der Waals surface area contributed by atoms with E-state index in [1.807, 2.05) is 48.8 Å². The summed E-state index contributed by atoms with van der Waals surface area (Å²) < 4.78 is 118. The van der Waals surface area contributed by atoms with E-state index in [1.54, 1.807) is 30.6 Å². The van der Waals surface area contributed by atoms with Crippen molar-refractivity contribution in [1.82, 2.24) is 9.97 Å². The molecule has 260 valence electrons. The van der Waals surface area contributed by atoms with Crippen LogP contribution in [-0.2, 0) is 16.5 Å². The van der Waals surface area contributed by atoms with E-state index in [-0.39, 0.29) is 21.9 Å². The topological polar surface area (TPSA) is 122 Å². The molecule has 0 spiro atoms. The second kappa shape index (κ2) is 19.2. The largest absolute Gasteiger partial charge is 2.00 e. The third kappa shape index (κ3) is 85.5. The Balaban J connectivity index is -0.000000183. The first-order valence-electron chi connectivity index (χ1n) is 11.2. The van der Waals surface area contributed by atoms with E-state index in [1.165, 1.54) is 20.8 Å². The second-order valence-electron chi connectivity index (χ2n) is 8.20. The third-order valence-corrected chi connectivity index (χ3v) is 2.86. The van der Waals surface area contributed by atoms with Crippen LogP contribution in [0.15, 0.2) is 58.8 Å². The Bertz CT molecular complexity index is 1140. The van der Waals surface area contributed by atoms with Gasteiger partial charge in [-0.15, -0.1) is 0 Å². The number of halogens is 12. The Morgan fingerprint density at radius 3 is 1.02 bits per heavy atom. The number of rotatable bonds is 6. The zero-order valence-corrected chi connectivity index (χ0v) is 26.8. The Labute approximate surface area is 262 Å². The first-order chi connectivity index (χ1) is 19.3.